The molecule has 3 rings (SSSR count). The monoisotopic (exact) mass is 205 g/mol. The Bertz CT molecular complexity index is 475. The molecule has 1 unspecified atom stereocenters. The number of aromatic nitrogens is 2. The first-order valence-electron chi connectivity index (χ1n) is 5.40. The number of H-pyrrole nitrogens is 1. The van der Waals surface area contributed by atoms with Crippen LogP contribution in [-0.2, 0) is 13.1 Å². The van der Waals surface area contributed by atoms with Gasteiger partial charge in [0, 0.05) is 19.0 Å². The molecule has 1 aromatic rings. The Morgan fingerprint density at radius 2 is 2.13 bits per heavy atom. The van der Waals surface area contributed by atoms with Crippen molar-refractivity contribution in [3.8, 4) is 0 Å². The van der Waals surface area contributed by atoms with Gasteiger partial charge in [-0.15, -0.1) is 0 Å². The second-order valence-corrected chi connectivity index (χ2v) is 5.23. The van der Waals surface area contributed by atoms with E-state index in [1.807, 2.05) is 0 Å². The van der Waals surface area contributed by atoms with Crippen LogP contribution in [0.1, 0.15) is 43.3 Å². The highest BCUT2D eigenvalue weighted by Gasteiger charge is 2.48. The van der Waals surface area contributed by atoms with E-state index in [0.717, 1.165) is 30.0 Å². The summed E-state index contributed by atoms with van der Waals surface area (Å²) in [5.74, 6) is 1.32. The van der Waals surface area contributed by atoms with Crippen molar-refractivity contribution < 1.29 is 0 Å². The van der Waals surface area contributed by atoms with Crippen LogP contribution >= 0.6 is 0 Å². The molecule has 1 aromatic heterocycles. The van der Waals surface area contributed by atoms with Gasteiger partial charge in [-0.05, 0) is 11.8 Å². The van der Waals surface area contributed by atoms with E-state index in [1.165, 1.54) is 0 Å². The normalized spacial score (nSPS) is 26.4. The molecule has 4 heteroatoms. The lowest BCUT2D eigenvalue weighted by molar-refractivity contribution is 0.605. The van der Waals surface area contributed by atoms with Crippen LogP contribution in [0.15, 0.2) is 4.79 Å². The van der Waals surface area contributed by atoms with Gasteiger partial charge in [-0.25, -0.2) is 4.98 Å². The highest BCUT2D eigenvalue weighted by Crippen LogP contribution is 2.57. The molecule has 0 bridgehead atoms. The smallest absolute Gasteiger partial charge is 0.255 e. The first kappa shape index (κ1) is 9.09. The number of hydrogen-bond donors (Lipinski definition) is 2. The van der Waals surface area contributed by atoms with Crippen molar-refractivity contribution in [3.05, 3.63) is 27.4 Å². The van der Waals surface area contributed by atoms with Gasteiger partial charge in [0.05, 0.1) is 11.3 Å². The highest BCUT2D eigenvalue weighted by atomic mass is 16.1. The quantitative estimate of drug-likeness (QED) is 0.715. The lowest BCUT2D eigenvalue weighted by Crippen LogP contribution is -2.17. The highest BCUT2D eigenvalue weighted by molar-refractivity contribution is 5.25. The van der Waals surface area contributed by atoms with E-state index in [9.17, 15) is 4.79 Å². The largest absolute Gasteiger partial charge is 0.310 e. The van der Waals surface area contributed by atoms with Crippen molar-refractivity contribution in [1.82, 2.24) is 15.3 Å². The zero-order valence-corrected chi connectivity index (χ0v) is 9.05. The van der Waals surface area contributed by atoms with Crippen molar-refractivity contribution in [2.75, 3.05) is 0 Å². The third-order valence-electron chi connectivity index (χ3n) is 3.56. The van der Waals surface area contributed by atoms with E-state index in [-0.39, 0.29) is 5.56 Å². The fraction of sp³-hybridized carbons (Fsp3) is 0.636. The third-order valence-corrected chi connectivity index (χ3v) is 3.56. The molecule has 2 heterocycles. The SMILES string of the molecule is CC1(C)CC1c1nc2c(c(=O)[nH]1)CNC2. The molecule has 15 heavy (non-hydrogen) atoms. The van der Waals surface area contributed by atoms with Gasteiger partial charge < -0.3 is 10.3 Å². The fourth-order valence-electron chi connectivity index (χ4n) is 2.30. The summed E-state index contributed by atoms with van der Waals surface area (Å²) >= 11 is 0. The molecule has 0 radical (unpaired) electrons. The summed E-state index contributed by atoms with van der Waals surface area (Å²) in [4.78, 5) is 19.2. The van der Waals surface area contributed by atoms with Gasteiger partial charge in [-0.1, -0.05) is 13.8 Å². The van der Waals surface area contributed by atoms with Gasteiger partial charge in [0.25, 0.3) is 5.56 Å². The average molecular weight is 205 g/mol. The van der Waals surface area contributed by atoms with Crippen LogP contribution in [0.2, 0.25) is 0 Å². The van der Waals surface area contributed by atoms with E-state index in [0.29, 0.717) is 17.9 Å². The Balaban J connectivity index is 2.05. The molecule has 2 N–H and O–H groups in total. The molecule has 0 saturated heterocycles. The summed E-state index contributed by atoms with van der Waals surface area (Å²) in [6, 6.07) is 0. The molecule has 80 valence electrons. The number of hydrogen-bond acceptors (Lipinski definition) is 3. The minimum atomic E-state index is 0.0442. The number of fused-ring (bicyclic) bond motifs is 1. The van der Waals surface area contributed by atoms with Crippen LogP contribution in [-0.4, -0.2) is 9.97 Å². The van der Waals surface area contributed by atoms with Crippen LogP contribution < -0.4 is 10.9 Å². The standard InChI is InChI=1S/C11H15N3O/c1-11(2)3-7(11)9-13-8-5-12-4-6(8)10(15)14-9/h7,12H,3-5H2,1-2H3,(H,13,14,15). The zero-order valence-electron chi connectivity index (χ0n) is 9.05. The molecular formula is C11H15N3O. The van der Waals surface area contributed by atoms with Crippen LogP contribution in [0.25, 0.3) is 0 Å². The minimum absolute atomic E-state index is 0.0442. The summed E-state index contributed by atoms with van der Waals surface area (Å²) in [5, 5.41) is 3.15. The van der Waals surface area contributed by atoms with Crippen molar-refractivity contribution in [3.63, 3.8) is 0 Å². The maximum atomic E-state index is 11.7. The first-order valence-corrected chi connectivity index (χ1v) is 5.40. The molecule has 1 fully saturated rings. The fourth-order valence-corrected chi connectivity index (χ4v) is 2.30. The molecule has 1 aliphatic heterocycles. The van der Waals surface area contributed by atoms with Gasteiger partial charge in [-0.3, -0.25) is 4.79 Å². The Morgan fingerprint density at radius 1 is 1.40 bits per heavy atom. The van der Waals surface area contributed by atoms with E-state index >= 15 is 0 Å². The summed E-state index contributed by atoms with van der Waals surface area (Å²) in [6.45, 7) is 5.82. The summed E-state index contributed by atoms with van der Waals surface area (Å²) in [7, 11) is 0. The first-order chi connectivity index (χ1) is 7.08. The van der Waals surface area contributed by atoms with Gasteiger partial charge in [0.15, 0.2) is 0 Å². The third kappa shape index (κ3) is 1.32. The average Bonchev–Trinajstić information content (AvgIpc) is 2.63. The lowest BCUT2D eigenvalue weighted by Gasteiger charge is -2.04. The van der Waals surface area contributed by atoms with Crippen molar-refractivity contribution >= 4 is 0 Å². The predicted octanol–water partition coefficient (Wildman–Crippen LogP) is 0.887. The van der Waals surface area contributed by atoms with Crippen LogP contribution in [0.4, 0.5) is 0 Å². The van der Waals surface area contributed by atoms with Crippen LogP contribution in [0.5, 0.6) is 0 Å². The Morgan fingerprint density at radius 3 is 2.80 bits per heavy atom. The lowest BCUT2D eigenvalue weighted by atomic mass is 10.1. The molecule has 1 atom stereocenters. The van der Waals surface area contributed by atoms with E-state index < -0.39 is 0 Å². The zero-order chi connectivity index (χ0) is 10.6. The Labute approximate surface area is 88.1 Å². The molecule has 0 amide bonds. The number of aromatic amines is 1. The van der Waals surface area contributed by atoms with Gasteiger partial charge in [-0.2, -0.15) is 0 Å². The molecule has 2 aliphatic rings. The molecule has 4 nitrogen and oxygen atoms in total. The van der Waals surface area contributed by atoms with Gasteiger partial charge >= 0.3 is 0 Å². The summed E-state index contributed by atoms with van der Waals surface area (Å²) < 4.78 is 0. The summed E-state index contributed by atoms with van der Waals surface area (Å²) in [6.07, 6.45) is 1.13. The summed E-state index contributed by atoms with van der Waals surface area (Å²) in [5.41, 5.74) is 2.12. The molecule has 0 aromatic carbocycles. The molecule has 1 aliphatic carbocycles. The second-order valence-electron chi connectivity index (χ2n) is 5.23. The number of rotatable bonds is 1. The van der Waals surface area contributed by atoms with Crippen LogP contribution in [0.3, 0.4) is 0 Å². The Kier molecular flexibility index (Phi) is 1.63. The number of nitrogens with zero attached hydrogens (tertiary/aromatic N) is 1. The predicted molar refractivity (Wildman–Crippen MR) is 56.5 cm³/mol. The van der Waals surface area contributed by atoms with Crippen molar-refractivity contribution in [2.45, 2.75) is 39.3 Å². The van der Waals surface area contributed by atoms with E-state index in [1.54, 1.807) is 0 Å². The van der Waals surface area contributed by atoms with Crippen molar-refractivity contribution in [1.29, 1.82) is 0 Å². The molecular weight excluding hydrogens is 190 g/mol. The van der Waals surface area contributed by atoms with E-state index in [4.69, 9.17) is 0 Å². The maximum Gasteiger partial charge on any atom is 0.255 e. The topological polar surface area (TPSA) is 57.8 Å². The van der Waals surface area contributed by atoms with Crippen molar-refractivity contribution in [2.24, 2.45) is 5.41 Å². The molecule has 1 saturated carbocycles. The molecule has 0 spiro atoms. The maximum absolute atomic E-state index is 11.7. The van der Waals surface area contributed by atoms with Crippen LogP contribution in [0, 0.1) is 5.41 Å². The van der Waals surface area contributed by atoms with Gasteiger partial charge in [0.2, 0.25) is 0 Å². The number of nitrogens with one attached hydrogen (secondary N) is 2. The van der Waals surface area contributed by atoms with E-state index in [2.05, 4.69) is 29.1 Å². The minimum Gasteiger partial charge on any atom is -0.310 e. The Hall–Kier alpha value is -1.16. The van der Waals surface area contributed by atoms with Gasteiger partial charge in [0.1, 0.15) is 5.82 Å². The second kappa shape index (κ2) is 2.70.